The van der Waals surface area contributed by atoms with Crippen LogP contribution in [-0.4, -0.2) is 29.4 Å². The first-order valence-corrected chi connectivity index (χ1v) is 7.07. The van der Waals surface area contributed by atoms with Crippen molar-refractivity contribution >= 4 is 17.6 Å². The highest BCUT2D eigenvalue weighted by atomic mass is 19.1. The third-order valence-electron chi connectivity index (χ3n) is 4.89. The Kier molecular flexibility index (Phi) is 2.40. The van der Waals surface area contributed by atoms with Gasteiger partial charge in [-0.15, -0.1) is 0 Å². The summed E-state index contributed by atoms with van der Waals surface area (Å²) in [5.41, 5.74) is 0.463. The number of hydrogen-bond donors (Lipinski definition) is 0. The molecule has 20 heavy (non-hydrogen) atoms. The number of fused-ring (bicyclic) bond motifs is 3. The SMILES string of the molecule is O=C1C2C3CCCC3CN2C(=O)N1c1ccc(F)cc1. The maximum Gasteiger partial charge on any atom is 0.332 e. The molecule has 3 aliphatic rings. The van der Waals surface area contributed by atoms with Crippen molar-refractivity contribution in [3.63, 3.8) is 0 Å². The summed E-state index contributed by atoms with van der Waals surface area (Å²) in [5, 5.41) is 0. The maximum atomic E-state index is 13.0. The summed E-state index contributed by atoms with van der Waals surface area (Å²) in [6, 6.07) is 4.98. The van der Waals surface area contributed by atoms with Crippen LogP contribution in [0.1, 0.15) is 19.3 Å². The molecular weight excluding hydrogens is 259 g/mol. The van der Waals surface area contributed by atoms with Crippen LogP contribution in [0.25, 0.3) is 0 Å². The second-order valence-corrected chi connectivity index (χ2v) is 5.88. The van der Waals surface area contributed by atoms with E-state index in [0.29, 0.717) is 24.1 Å². The van der Waals surface area contributed by atoms with Crippen molar-refractivity contribution in [2.45, 2.75) is 25.3 Å². The predicted molar refractivity (Wildman–Crippen MR) is 70.6 cm³/mol. The second-order valence-electron chi connectivity index (χ2n) is 5.88. The van der Waals surface area contributed by atoms with Gasteiger partial charge in [-0.3, -0.25) is 4.79 Å². The molecule has 0 spiro atoms. The zero-order valence-corrected chi connectivity index (χ0v) is 11.0. The Morgan fingerprint density at radius 2 is 1.85 bits per heavy atom. The molecule has 2 saturated heterocycles. The molecule has 1 saturated carbocycles. The molecule has 3 unspecified atom stereocenters. The predicted octanol–water partition coefficient (Wildman–Crippen LogP) is 2.39. The number of nitrogens with zero attached hydrogens (tertiary/aromatic N) is 2. The number of urea groups is 1. The molecule has 104 valence electrons. The van der Waals surface area contributed by atoms with Gasteiger partial charge < -0.3 is 4.90 Å². The third kappa shape index (κ3) is 1.46. The van der Waals surface area contributed by atoms with Crippen molar-refractivity contribution in [2.75, 3.05) is 11.4 Å². The first-order chi connectivity index (χ1) is 9.66. The van der Waals surface area contributed by atoms with Crippen molar-refractivity contribution in [3.8, 4) is 0 Å². The first-order valence-electron chi connectivity index (χ1n) is 7.07. The minimum absolute atomic E-state index is 0.143. The van der Waals surface area contributed by atoms with Crippen LogP contribution in [0, 0.1) is 17.7 Å². The summed E-state index contributed by atoms with van der Waals surface area (Å²) in [6.07, 6.45) is 3.30. The minimum Gasteiger partial charge on any atom is -0.311 e. The Morgan fingerprint density at radius 1 is 1.10 bits per heavy atom. The summed E-state index contributed by atoms with van der Waals surface area (Å²) in [6.45, 7) is 0.692. The summed E-state index contributed by atoms with van der Waals surface area (Å²) < 4.78 is 13.0. The molecule has 2 heterocycles. The molecule has 0 N–H and O–H groups in total. The molecular formula is C15H15FN2O2. The van der Waals surface area contributed by atoms with Crippen molar-refractivity contribution in [3.05, 3.63) is 30.1 Å². The highest BCUT2D eigenvalue weighted by Gasteiger charge is 2.57. The number of rotatable bonds is 1. The fourth-order valence-corrected chi connectivity index (χ4v) is 4.00. The van der Waals surface area contributed by atoms with Crippen molar-refractivity contribution in [1.29, 1.82) is 0 Å². The highest BCUT2D eigenvalue weighted by molar-refractivity contribution is 6.21. The molecule has 0 bridgehead atoms. The van der Waals surface area contributed by atoms with E-state index in [9.17, 15) is 14.0 Å². The van der Waals surface area contributed by atoms with E-state index >= 15 is 0 Å². The molecule has 1 aromatic carbocycles. The number of halogens is 1. The molecule has 4 nitrogen and oxygen atoms in total. The highest BCUT2D eigenvalue weighted by Crippen LogP contribution is 2.46. The lowest BCUT2D eigenvalue weighted by Gasteiger charge is -2.17. The molecule has 0 aromatic heterocycles. The Balaban J connectivity index is 1.69. The van der Waals surface area contributed by atoms with Gasteiger partial charge in [0.15, 0.2) is 0 Å². The van der Waals surface area contributed by atoms with Gasteiger partial charge in [0, 0.05) is 6.54 Å². The largest absolute Gasteiger partial charge is 0.332 e. The van der Waals surface area contributed by atoms with Gasteiger partial charge in [0.2, 0.25) is 0 Å². The van der Waals surface area contributed by atoms with Crippen LogP contribution < -0.4 is 4.90 Å². The number of carbonyl (C=O) groups is 2. The van der Waals surface area contributed by atoms with E-state index in [4.69, 9.17) is 0 Å². The van der Waals surface area contributed by atoms with Crippen LogP contribution in [0.4, 0.5) is 14.9 Å². The lowest BCUT2D eigenvalue weighted by Crippen LogP contribution is -2.35. The topological polar surface area (TPSA) is 40.6 Å². The van der Waals surface area contributed by atoms with Gasteiger partial charge in [-0.05, 0) is 48.9 Å². The van der Waals surface area contributed by atoms with Gasteiger partial charge in [0.1, 0.15) is 11.9 Å². The van der Waals surface area contributed by atoms with Crippen LogP contribution in [0.15, 0.2) is 24.3 Å². The Hall–Kier alpha value is -1.91. The molecule has 0 radical (unpaired) electrons. The molecule has 1 aliphatic carbocycles. The molecule has 5 heteroatoms. The Bertz CT molecular complexity index is 586. The van der Waals surface area contributed by atoms with Gasteiger partial charge in [-0.1, -0.05) is 6.42 Å². The van der Waals surface area contributed by atoms with Crippen molar-refractivity contribution < 1.29 is 14.0 Å². The van der Waals surface area contributed by atoms with E-state index in [2.05, 4.69) is 0 Å². The van der Waals surface area contributed by atoms with E-state index in [1.54, 1.807) is 4.90 Å². The normalized spacial score (nSPS) is 31.9. The maximum absolute atomic E-state index is 13.0. The zero-order chi connectivity index (χ0) is 13.9. The summed E-state index contributed by atoms with van der Waals surface area (Å²) in [5.74, 6) is 0.292. The van der Waals surface area contributed by atoms with Gasteiger partial charge >= 0.3 is 6.03 Å². The lowest BCUT2D eigenvalue weighted by molar-refractivity contribution is -0.120. The van der Waals surface area contributed by atoms with E-state index in [1.165, 1.54) is 29.2 Å². The van der Waals surface area contributed by atoms with Crippen LogP contribution in [0.5, 0.6) is 0 Å². The van der Waals surface area contributed by atoms with Crippen LogP contribution in [-0.2, 0) is 4.79 Å². The molecule has 3 atom stereocenters. The average molecular weight is 274 g/mol. The standard InChI is InChI=1S/C15H15FN2O2/c16-10-4-6-11(7-5-10)18-14(19)13-12-3-1-2-9(12)8-17(13)15(18)20/h4-7,9,12-13H,1-3,8H2. The van der Waals surface area contributed by atoms with Crippen molar-refractivity contribution in [1.82, 2.24) is 4.90 Å². The van der Waals surface area contributed by atoms with Crippen LogP contribution in [0.3, 0.4) is 0 Å². The van der Waals surface area contributed by atoms with E-state index in [1.807, 2.05) is 0 Å². The summed E-state index contributed by atoms with van der Waals surface area (Å²) in [4.78, 5) is 28.0. The van der Waals surface area contributed by atoms with Crippen LogP contribution in [0.2, 0.25) is 0 Å². The number of hydrogen-bond acceptors (Lipinski definition) is 2. The Morgan fingerprint density at radius 3 is 2.60 bits per heavy atom. The van der Waals surface area contributed by atoms with E-state index < -0.39 is 0 Å². The number of carbonyl (C=O) groups excluding carboxylic acids is 2. The monoisotopic (exact) mass is 274 g/mol. The zero-order valence-electron chi connectivity index (χ0n) is 11.0. The minimum atomic E-state index is -0.371. The third-order valence-corrected chi connectivity index (χ3v) is 4.89. The fraction of sp³-hybridized carbons (Fsp3) is 0.467. The first kappa shape index (κ1) is 11.9. The molecule has 1 aromatic rings. The number of anilines is 1. The average Bonchev–Trinajstić information content (AvgIpc) is 3.05. The smallest absolute Gasteiger partial charge is 0.311 e. The number of imide groups is 1. The summed E-state index contributed by atoms with van der Waals surface area (Å²) in [7, 11) is 0. The molecule has 4 rings (SSSR count). The molecule has 3 fully saturated rings. The van der Waals surface area contributed by atoms with Crippen molar-refractivity contribution in [2.24, 2.45) is 11.8 Å². The van der Waals surface area contributed by atoms with Gasteiger partial charge in [0.25, 0.3) is 5.91 Å². The van der Waals surface area contributed by atoms with Gasteiger partial charge in [-0.25, -0.2) is 14.1 Å². The second kappa shape index (κ2) is 4.04. The lowest BCUT2D eigenvalue weighted by atomic mass is 9.93. The van der Waals surface area contributed by atoms with Crippen LogP contribution >= 0.6 is 0 Å². The fourth-order valence-electron chi connectivity index (χ4n) is 4.00. The van der Waals surface area contributed by atoms with E-state index in [0.717, 1.165) is 19.3 Å². The number of benzene rings is 1. The molecule has 2 aliphatic heterocycles. The van der Waals surface area contributed by atoms with Gasteiger partial charge in [-0.2, -0.15) is 0 Å². The molecule has 3 amide bonds. The Labute approximate surface area is 116 Å². The number of amides is 3. The van der Waals surface area contributed by atoms with E-state index in [-0.39, 0.29) is 23.8 Å². The quantitative estimate of drug-likeness (QED) is 0.738. The summed E-state index contributed by atoms with van der Waals surface area (Å²) >= 11 is 0. The van der Waals surface area contributed by atoms with Gasteiger partial charge in [0.05, 0.1) is 5.69 Å².